The number of rotatable bonds is 2. The van der Waals surface area contributed by atoms with Gasteiger partial charge in [-0.15, -0.1) is 0 Å². The Morgan fingerprint density at radius 1 is 1.29 bits per heavy atom. The quantitative estimate of drug-likeness (QED) is 0.786. The first-order valence-corrected chi connectivity index (χ1v) is 5.00. The van der Waals surface area contributed by atoms with Crippen molar-refractivity contribution >= 4 is 11.0 Å². The van der Waals surface area contributed by atoms with Crippen LogP contribution in [0.4, 0.5) is 0 Å². The second-order valence-corrected chi connectivity index (χ2v) is 3.94. The van der Waals surface area contributed by atoms with Gasteiger partial charge in [-0.1, -0.05) is 12.1 Å². The van der Waals surface area contributed by atoms with Crippen LogP contribution in [-0.4, -0.2) is 5.11 Å². The number of furan rings is 1. The van der Waals surface area contributed by atoms with Crippen molar-refractivity contribution in [2.45, 2.75) is 25.4 Å². The summed E-state index contributed by atoms with van der Waals surface area (Å²) in [7, 11) is 0. The summed E-state index contributed by atoms with van der Waals surface area (Å²) in [6, 6.07) is 8.24. The molecule has 14 heavy (non-hydrogen) atoms. The Morgan fingerprint density at radius 3 is 2.86 bits per heavy atom. The molecule has 1 N–H and O–H groups in total. The molecule has 0 saturated heterocycles. The number of fused-ring (bicyclic) bond motifs is 1. The van der Waals surface area contributed by atoms with E-state index in [1.807, 2.05) is 6.07 Å². The molecule has 1 heterocycles. The molecular weight excluding hydrogens is 176 g/mol. The molecular formula is C12H12O2. The van der Waals surface area contributed by atoms with E-state index in [1.54, 1.807) is 0 Å². The normalized spacial score (nSPS) is 16.4. The number of aliphatic hydroxyl groups is 1. The summed E-state index contributed by atoms with van der Waals surface area (Å²) in [6.45, 7) is -0.0204. The summed E-state index contributed by atoms with van der Waals surface area (Å²) >= 11 is 0. The van der Waals surface area contributed by atoms with E-state index in [1.165, 1.54) is 18.4 Å². The molecule has 2 heteroatoms. The molecule has 72 valence electrons. The largest absolute Gasteiger partial charge is 0.459 e. The Balaban J connectivity index is 2.12. The van der Waals surface area contributed by atoms with Crippen LogP contribution in [-0.2, 0) is 6.61 Å². The highest BCUT2D eigenvalue weighted by Gasteiger charge is 2.23. The topological polar surface area (TPSA) is 33.4 Å². The molecule has 0 bridgehead atoms. The molecule has 1 aromatic heterocycles. The maximum Gasteiger partial charge on any atom is 0.134 e. The van der Waals surface area contributed by atoms with Crippen molar-refractivity contribution in [1.82, 2.24) is 0 Å². The minimum atomic E-state index is -0.0204. The van der Waals surface area contributed by atoms with E-state index in [9.17, 15) is 0 Å². The highest BCUT2D eigenvalue weighted by molar-refractivity contribution is 5.78. The van der Waals surface area contributed by atoms with Gasteiger partial charge in [0, 0.05) is 5.39 Å². The summed E-state index contributed by atoms with van der Waals surface area (Å²) in [5, 5.41) is 10.0. The number of hydrogen-bond acceptors (Lipinski definition) is 2. The molecule has 0 amide bonds. The second-order valence-electron chi connectivity index (χ2n) is 3.94. The van der Waals surface area contributed by atoms with Crippen molar-refractivity contribution in [2.75, 3.05) is 0 Å². The third kappa shape index (κ3) is 1.23. The highest BCUT2D eigenvalue weighted by atomic mass is 16.4. The molecule has 2 nitrogen and oxygen atoms in total. The Bertz CT molecular complexity index is 466. The van der Waals surface area contributed by atoms with E-state index >= 15 is 0 Å². The van der Waals surface area contributed by atoms with Crippen LogP contribution in [0.5, 0.6) is 0 Å². The lowest BCUT2D eigenvalue weighted by Gasteiger charge is -1.95. The first-order valence-electron chi connectivity index (χ1n) is 5.00. The smallest absolute Gasteiger partial charge is 0.134 e. The van der Waals surface area contributed by atoms with E-state index in [2.05, 4.69) is 18.2 Å². The maximum absolute atomic E-state index is 8.94. The third-order valence-corrected chi connectivity index (χ3v) is 2.80. The monoisotopic (exact) mass is 188 g/mol. The molecule has 1 saturated carbocycles. The van der Waals surface area contributed by atoms with E-state index in [-0.39, 0.29) is 6.61 Å². The highest BCUT2D eigenvalue weighted by Crippen LogP contribution is 2.41. The predicted octanol–water partition coefficient (Wildman–Crippen LogP) is 2.80. The van der Waals surface area contributed by atoms with Gasteiger partial charge >= 0.3 is 0 Å². The van der Waals surface area contributed by atoms with Gasteiger partial charge in [-0.25, -0.2) is 0 Å². The van der Waals surface area contributed by atoms with Crippen LogP contribution in [0.2, 0.25) is 0 Å². The van der Waals surface area contributed by atoms with E-state index < -0.39 is 0 Å². The lowest BCUT2D eigenvalue weighted by molar-refractivity contribution is 0.251. The standard InChI is InChI=1S/C12H12O2/c13-7-11-5-10-4-3-9(8-1-2-8)6-12(10)14-11/h3-6,8,13H,1-2,7H2. The van der Waals surface area contributed by atoms with Crippen molar-refractivity contribution in [3.63, 3.8) is 0 Å². The van der Waals surface area contributed by atoms with Crippen LogP contribution in [0.1, 0.15) is 30.1 Å². The second kappa shape index (κ2) is 2.85. The zero-order chi connectivity index (χ0) is 9.54. The fourth-order valence-corrected chi connectivity index (χ4v) is 1.85. The molecule has 0 unspecified atom stereocenters. The Morgan fingerprint density at radius 2 is 2.14 bits per heavy atom. The van der Waals surface area contributed by atoms with Gasteiger partial charge in [0.15, 0.2) is 0 Å². The fraction of sp³-hybridized carbons (Fsp3) is 0.333. The van der Waals surface area contributed by atoms with Crippen molar-refractivity contribution in [3.8, 4) is 0 Å². The molecule has 0 aliphatic heterocycles. The van der Waals surface area contributed by atoms with Gasteiger partial charge in [0.25, 0.3) is 0 Å². The summed E-state index contributed by atoms with van der Waals surface area (Å²) in [4.78, 5) is 0. The first kappa shape index (κ1) is 8.06. The summed E-state index contributed by atoms with van der Waals surface area (Å²) in [5.74, 6) is 1.40. The number of hydrogen-bond donors (Lipinski definition) is 1. The Kier molecular flexibility index (Phi) is 1.64. The minimum Gasteiger partial charge on any atom is -0.459 e. The molecule has 3 rings (SSSR count). The number of aliphatic hydroxyl groups excluding tert-OH is 1. The average Bonchev–Trinajstić information content (AvgIpc) is 2.97. The van der Waals surface area contributed by atoms with Crippen LogP contribution in [0.25, 0.3) is 11.0 Å². The molecule has 1 fully saturated rings. The van der Waals surface area contributed by atoms with Gasteiger partial charge in [0.2, 0.25) is 0 Å². The molecule has 0 radical (unpaired) electrons. The van der Waals surface area contributed by atoms with Crippen molar-refractivity contribution in [3.05, 3.63) is 35.6 Å². The van der Waals surface area contributed by atoms with Crippen molar-refractivity contribution in [1.29, 1.82) is 0 Å². The van der Waals surface area contributed by atoms with E-state index in [4.69, 9.17) is 9.52 Å². The zero-order valence-corrected chi connectivity index (χ0v) is 7.86. The van der Waals surface area contributed by atoms with Crippen LogP contribution < -0.4 is 0 Å². The molecule has 2 aromatic rings. The lowest BCUT2D eigenvalue weighted by Crippen LogP contribution is -1.76. The number of benzene rings is 1. The van der Waals surface area contributed by atoms with Crippen molar-refractivity contribution < 1.29 is 9.52 Å². The van der Waals surface area contributed by atoms with Gasteiger partial charge in [-0.2, -0.15) is 0 Å². The summed E-state index contributed by atoms with van der Waals surface area (Å²) in [6.07, 6.45) is 2.61. The van der Waals surface area contributed by atoms with Gasteiger partial charge in [-0.05, 0) is 36.5 Å². The van der Waals surface area contributed by atoms with Crippen LogP contribution in [0.3, 0.4) is 0 Å². The summed E-state index contributed by atoms with van der Waals surface area (Å²) in [5.41, 5.74) is 2.27. The first-order chi connectivity index (χ1) is 6.86. The molecule has 0 spiro atoms. The zero-order valence-electron chi connectivity index (χ0n) is 7.86. The predicted molar refractivity (Wildman–Crippen MR) is 54.1 cm³/mol. The van der Waals surface area contributed by atoms with Gasteiger partial charge in [0.1, 0.15) is 18.0 Å². The molecule has 1 aliphatic carbocycles. The van der Waals surface area contributed by atoms with Gasteiger partial charge in [-0.3, -0.25) is 0 Å². The fourth-order valence-electron chi connectivity index (χ4n) is 1.85. The van der Waals surface area contributed by atoms with Crippen LogP contribution in [0, 0.1) is 0 Å². The molecule has 1 aliphatic rings. The van der Waals surface area contributed by atoms with E-state index in [0.717, 1.165) is 16.9 Å². The van der Waals surface area contributed by atoms with Gasteiger partial charge < -0.3 is 9.52 Å². The van der Waals surface area contributed by atoms with E-state index in [0.29, 0.717) is 5.76 Å². The molecule has 1 aromatic carbocycles. The maximum atomic E-state index is 8.94. The lowest BCUT2D eigenvalue weighted by atomic mass is 10.1. The van der Waals surface area contributed by atoms with Crippen molar-refractivity contribution in [2.24, 2.45) is 0 Å². The van der Waals surface area contributed by atoms with Crippen LogP contribution >= 0.6 is 0 Å². The Hall–Kier alpha value is -1.28. The van der Waals surface area contributed by atoms with Gasteiger partial charge in [0.05, 0.1) is 0 Å². The SMILES string of the molecule is OCc1cc2ccc(C3CC3)cc2o1. The third-order valence-electron chi connectivity index (χ3n) is 2.80. The van der Waals surface area contributed by atoms with Crippen LogP contribution in [0.15, 0.2) is 28.7 Å². The Labute approximate surface area is 82.2 Å². The summed E-state index contributed by atoms with van der Waals surface area (Å²) < 4.78 is 5.49. The minimum absolute atomic E-state index is 0.0204. The molecule has 0 atom stereocenters. The average molecular weight is 188 g/mol.